The summed E-state index contributed by atoms with van der Waals surface area (Å²) in [5.41, 5.74) is 1.85. The molecule has 158 valence electrons. The smallest absolute Gasteiger partial charge is 0.494 e. The Hall–Kier alpha value is -3.02. The number of hydrogen-bond acceptors (Lipinski definition) is 4. The lowest BCUT2D eigenvalue weighted by Gasteiger charge is -2.07. The van der Waals surface area contributed by atoms with Crippen molar-refractivity contribution in [3.05, 3.63) is 59.7 Å². The number of carboxylic acid groups (broad SMARTS) is 2. The van der Waals surface area contributed by atoms with Crippen LogP contribution in [-0.2, 0) is 6.42 Å². The molecule has 0 radical (unpaired) electrons. The SMILES string of the molecule is CCCCCCCc1ccc(C(=O)Oc2ccc(OCC)cc2)cc1.O=C(O)O. The van der Waals surface area contributed by atoms with E-state index in [1.165, 1.54) is 37.7 Å². The minimum Gasteiger partial charge on any atom is -0.494 e. The zero-order valence-electron chi connectivity index (χ0n) is 17.1. The predicted molar refractivity (Wildman–Crippen MR) is 112 cm³/mol. The van der Waals surface area contributed by atoms with Gasteiger partial charge in [0, 0.05) is 0 Å². The Morgan fingerprint density at radius 1 is 0.793 bits per heavy atom. The highest BCUT2D eigenvalue weighted by atomic mass is 16.6. The summed E-state index contributed by atoms with van der Waals surface area (Å²) in [6.45, 7) is 4.78. The van der Waals surface area contributed by atoms with Crippen LogP contribution in [0.3, 0.4) is 0 Å². The van der Waals surface area contributed by atoms with E-state index in [1.54, 1.807) is 24.3 Å². The first kappa shape index (κ1) is 24.0. The van der Waals surface area contributed by atoms with Crippen molar-refractivity contribution < 1.29 is 29.3 Å². The minimum atomic E-state index is -1.83. The van der Waals surface area contributed by atoms with Crippen LogP contribution in [0.1, 0.15) is 61.9 Å². The van der Waals surface area contributed by atoms with Crippen LogP contribution in [-0.4, -0.2) is 28.9 Å². The van der Waals surface area contributed by atoms with Crippen molar-refractivity contribution in [1.82, 2.24) is 0 Å². The Morgan fingerprint density at radius 2 is 1.34 bits per heavy atom. The molecule has 0 heterocycles. The first-order valence-electron chi connectivity index (χ1n) is 9.92. The van der Waals surface area contributed by atoms with Crippen LogP contribution in [0, 0.1) is 0 Å². The highest BCUT2D eigenvalue weighted by molar-refractivity contribution is 5.91. The molecular weight excluding hydrogens is 372 g/mol. The summed E-state index contributed by atoms with van der Waals surface area (Å²) in [5.74, 6) is 0.956. The summed E-state index contributed by atoms with van der Waals surface area (Å²) in [4.78, 5) is 20.8. The molecule has 0 aliphatic heterocycles. The number of esters is 1. The van der Waals surface area contributed by atoms with Crippen molar-refractivity contribution in [2.75, 3.05) is 6.61 Å². The number of unbranched alkanes of at least 4 members (excludes halogenated alkanes) is 4. The zero-order valence-corrected chi connectivity index (χ0v) is 17.1. The van der Waals surface area contributed by atoms with E-state index in [4.69, 9.17) is 24.5 Å². The van der Waals surface area contributed by atoms with E-state index in [1.807, 2.05) is 31.2 Å². The largest absolute Gasteiger partial charge is 0.503 e. The maximum absolute atomic E-state index is 12.2. The summed E-state index contributed by atoms with van der Waals surface area (Å²) in [7, 11) is 0. The van der Waals surface area contributed by atoms with Crippen molar-refractivity contribution in [3.63, 3.8) is 0 Å². The van der Waals surface area contributed by atoms with Gasteiger partial charge in [-0.2, -0.15) is 0 Å². The highest BCUT2D eigenvalue weighted by Crippen LogP contribution is 2.19. The number of rotatable bonds is 10. The van der Waals surface area contributed by atoms with Gasteiger partial charge in [0.2, 0.25) is 0 Å². The van der Waals surface area contributed by atoms with Gasteiger partial charge in [0.1, 0.15) is 11.5 Å². The van der Waals surface area contributed by atoms with Crippen molar-refractivity contribution in [1.29, 1.82) is 0 Å². The first-order chi connectivity index (χ1) is 14.0. The van der Waals surface area contributed by atoms with E-state index in [0.29, 0.717) is 17.9 Å². The second kappa shape index (κ2) is 14.0. The van der Waals surface area contributed by atoms with Gasteiger partial charge in [-0.3, -0.25) is 0 Å². The highest BCUT2D eigenvalue weighted by Gasteiger charge is 2.08. The fraction of sp³-hybridized carbons (Fsp3) is 0.391. The van der Waals surface area contributed by atoms with Gasteiger partial charge in [0.25, 0.3) is 0 Å². The summed E-state index contributed by atoms with van der Waals surface area (Å²) in [6.07, 6.45) is 5.60. The van der Waals surface area contributed by atoms with E-state index in [9.17, 15) is 4.79 Å². The molecule has 0 amide bonds. The molecular formula is C23H30O6. The molecule has 2 rings (SSSR count). The Balaban J connectivity index is 0.000000960. The Morgan fingerprint density at radius 3 is 1.90 bits per heavy atom. The monoisotopic (exact) mass is 402 g/mol. The van der Waals surface area contributed by atoms with Crippen molar-refractivity contribution >= 4 is 12.1 Å². The number of carbonyl (C=O) groups is 2. The number of benzene rings is 2. The zero-order chi connectivity index (χ0) is 21.5. The van der Waals surface area contributed by atoms with Crippen LogP contribution >= 0.6 is 0 Å². The predicted octanol–water partition coefficient (Wildman–Crippen LogP) is 6.04. The average molecular weight is 402 g/mol. The third kappa shape index (κ3) is 10.8. The third-order valence-corrected chi connectivity index (χ3v) is 4.10. The van der Waals surface area contributed by atoms with Crippen LogP contribution in [0.2, 0.25) is 0 Å². The first-order valence-corrected chi connectivity index (χ1v) is 9.92. The van der Waals surface area contributed by atoms with Gasteiger partial charge in [0.15, 0.2) is 0 Å². The van der Waals surface area contributed by atoms with Crippen molar-refractivity contribution in [2.24, 2.45) is 0 Å². The van der Waals surface area contributed by atoms with E-state index in [2.05, 4.69) is 6.92 Å². The third-order valence-electron chi connectivity index (χ3n) is 4.10. The number of ether oxygens (including phenoxy) is 2. The quantitative estimate of drug-likeness (QED) is 0.286. The number of aryl methyl sites for hydroxylation is 1. The van der Waals surface area contributed by atoms with Crippen LogP contribution < -0.4 is 9.47 Å². The fourth-order valence-corrected chi connectivity index (χ4v) is 2.68. The molecule has 2 aromatic carbocycles. The summed E-state index contributed by atoms with van der Waals surface area (Å²) < 4.78 is 10.8. The van der Waals surface area contributed by atoms with Crippen LogP contribution in [0.25, 0.3) is 0 Å². The van der Waals surface area contributed by atoms with Gasteiger partial charge in [-0.15, -0.1) is 0 Å². The van der Waals surface area contributed by atoms with Crippen molar-refractivity contribution in [3.8, 4) is 11.5 Å². The molecule has 0 spiro atoms. The summed E-state index contributed by atoms with van der Waals surface area (Å²) in [6, 6.07) is 14.8. The fourth-order valence-electron chi connectivity index (χ4n) is 2.68. The maximum Gasteiger partial charge on any atom is 0.503 e. The van der Waals surface area contributed by atoms with E-state index in [0.717, 1.165) is 12.2 Å². The molecule has 0 aliphatic rings. The topological polar surface area (TPSA) is 93.1 Å². The Kier molecular flexibility index (Phi) is 11.6. The van der Waals surface area contributed by atoms with Crippen LogP contribution in [0.4, 0.5) is 4.79 Å². The molecule has 0 aromatic heterocycles. The van der Waals surface area contributed by atoms with Crippen molar-refractivity contribution in [2.45, 2.75) is 52.4 Å². The molecule has 0 saturated carbocycles. The summed E-state index contributed by atoms with van der Waals surface area (Å²) >= 11 is 0. The molecule has 0 atom stereocenters. The van der Waals surface area contributed by atoms with Gasteiger partial charge in [0.05, 0.1) is 12.2 Å². The van der Waals surface area contributed by atoms with Gasteiger partial charge in [-0.25, -0.2) is 9.59 Å². The van der Waals surface area contributed by atoms with E-state index >= 15 is 0 Å². The molecule has 0 unspecified atom stereocenters. The second-order valence-corrected chi connectivity index (χ2v) is 6.44. The molecule has 0 aliphatic carbocycles. The molecule has 0 bridgehead atoms. The molecule has 6 heteroatoms. The molecule has 29 heavy (non-hydrogen) atoms. The van der Waals surface area contributed by atoms with Crippen LogP contribution in [0.5, 0.6) is 11.5 Å². The molecule has 2 aromatic rings. The summed E-state index contributed by atoms with van der Waals surface area (Å²) in [5, 5.41) is 13.9. The number of carbonyl (C=O) groups excluding carboxylic acids is 1. The standard InChI is InChI=1S/C22H28O3.CH2O3/c1-3-5-6-7-8-9-18-10-12-19(13-11-18)22(23)25-21-16-14-20(15-17-21)24-4-2;2-1(3)4/h10-17H,3-9H2,1-2H3;(H2,2,3,4). The Bertz CT molecular complexity index is 718. The lowest BCUT2D eigenvalue weighted by molar-refractivity contribution is 0.0734. The van der Waals surface area contributed by atoms with Gasteiger partial charge >= 0.3 is 12.1 Å². The van der Waals surface area contributed by atoms with Crippen LogP contribution in [0.15, 0.2) is 48.5 Å². The molecule has 6 nitrogen and oxygen atoms in total. The van der Waals surface area contributed by atoms with Gasteiger partial charge < -0.3 is 19.7 Å². The molecule has 2 N–H and O–H groups in total. The molecule has 0 saturated heterocycles. The Labute approximate surface area is 172 Å². The normalized spacial score (nSPS) is 9.86. The van der Waals surface area contributed by atoms with Gasteiger partial charge in [-0.1, -0.05) is 44.7 Å². The minimum absolute atomic E-state index is 0.335. The van der Waals surface area contributed by atoms with E-state index < -0.39 is 6.16 Å². The van der Waals surface area contributed by atoms with E-state index in [-0.39, 0.29) is 5.97 Å². The second-order valence-electron chi connectivity index (χ2n) is 6.44. The molecule has 0 fully saturated rings. The maximum atomic E-state index is 12.2. The number of hydrogen-bond donors (Lipinski definition) is 2. The van der Waals surface area contributed by atoms with Gasteiger partial charge in [-0.05, 0) is 61.7 Å². The lowest BCUT2D eigenvalue weighted by atomic mass is 10.0. The lowest BCUT2D eigenvalue weighted by Crippen LogP contribution is -2.08. The average Bonchev–Trinajstić information content (AvgIpc) is 2.69.